The van der Waals surface area contributed by atoms with Crippen molar-refractivity contribution < 1.29 is 13.9 Å². The summed E-state index contributed by atoms with van der Waals surface area (Å²) < 4.78 is 21.7. The molecular formula is C28H25FN4O2S. The molecule has 4 aromatic rings. The molecule has 1 unspecified atom stereocenters. The maximum atomic E-state index is 14.1. The van der Waals surface area contributed by atoms with Crippen LogP contribution < -0.4 is 10.1 Å². The van der Waals surface area contributed by atoms with Crippen molar-refractivity contribution in [3.05, 3.63) is 113 Å². The molecule has 0 saturated heterocycles. The van der Waals surface area contributed by atoms with Gasteiger partial charge in [0.1, 0.15) is 24.2 Å². The van der Waals surface area contributed by atoms with Gasteiger partial charge in [0, 0.05) is 17.0 Å². The van der Waals surface area contributed by atoms with Crippen LogP contribution in [-0.4, -0.2) is 20.5 Å². The van der Waals surface area contributed by atoms with Crippen LogP contribution in [-0.2, 0) is 17.2 Å². The number of nitrogens with one attached hydrogen (secondary N) is 1. The Morgan fingerprint density at radius 2 is 1.78 bits per heavy atom. The summed E-state index contributed by atoms with van der Waals surface area (Å²) in [5, 5.41) is 8.40. The molecule has 6 nitrogen and oxygen atoms in total. The summed E-state index contributed by atoms with van der Waals surface area (Å²) in [5.74, 6) is 1.39. The van der Waals surface area contributed by atoms with E-state index < -0.39 is 6.04 Å². The van der Waals surface area contributed by atoms with Gasteiger partial charge in [0.2, 0.25) is 11.1 Å². The van der Waals surface area contributed by atoms with Crippen molar-refractivity contribution in [2.45, 2.75) is 37.4 Å². The number of ketones is 1. The van der Waals surface area contributed by atoms with E-state index >= 15 is 0 Å². The molecular weight excluding hydrogens is 475 g/mol. The second-order valence-corrected chi connectivity index (χ2v) is 9.45. The lowest BCUT2D eigenvalue weighted by molar-refractivity contribution is -0.114. The number of halogens is 1. The van der Waals surface area contributed by atoms with E-state index in [9.17, 15) is 9.18 Å². The van der Waals surface area contributed by atoms with E-state index in [1.165, 1.54) is 17.8 Å². The Balaban J connectivity index is 1.39. The molecule has 1 aromatic heterocycles. The van der Waals surface area contributed by atoms with Crippen molar-refractivity contribution in [3.8, 4) is 5.75 Å². The van der Waals surface area contributed by atoms with E-state index in [-0.39, 0.29) is 11.6 Å². The van der Waals surface area contributed by atoms with E-state index in [2.05, 4.69) is 15.4 Å². The summed E-state index contributed by atoms with van der Waals surface area (Å²) >= 11 is 1.35. The lowest BCUT2D eigenvalue weighted by Crippen LogP contribution is -2.27. The molecule has 0 aliphatic carbocycles. The molecule has 0 bridgehead atoms. The second-order valence-electron chi connectivity index (χ2n) is 8.51. The number of hydrogen-bond acceptors (Lipinski definition) is 6. The average Bonchev–Trinajstić information content (AvgIpc) is 3.29. The van der Waals surface area contributed by atoms with E-state index in [1.54, 1.807) is 23.7 Å². The van der Waals surface area contributed by atoms with Crippen LogP contribution in [0.25, 0.3) is 0 Å². The van der Waals surface area contributed by atoms with E-state index in [1.807, 2.05) is 67.6 Å². The Hall–Kier alpha value is -3.91. The molecule has 5 rings (SSSR count). The molecule has 0 spiro atoms. The molecule has 36 heavy (non-hydrogen) atoms. The summed E-state index contributed by atoms with van der Waals surface area (Å²) in [6.07, 6.45) is 0. The average molecular weight is 501 g/mol. The van der Waals surface area contributed by atoms with Crippen molar-refractivity contribution in [2.24, 2.45) is 0 Å². The van der Waals surface area contributed by atoms with Crippen LogP contribution >= 0.6 is 11.8 Å². The van der Waals surface area contributed by atoms with Crippen LogP contribution in [0.2, 0.25) is 0 Å². The Morgan fingerprint density at radius 1 is 1.06 bits per heavy atom. The van der Waals surface area contributed by atoms with Crippen molar-refractivity contribution in [1.82, 2.24) is 14.8 Å². The molecule has 1 N–H and O–H groups in total. The van der Waals surface area contributed by atoms with Gasteiger partial charge in [-0.1, -0.05) is 72.4 Å². The maximum Gasteiger partial charge on any atom is 0.227 e. The minimum Gasteiger partial charge on any atom is -0.489 e. The minimum absolute atomic E-state index is 0.0453. The first-order chi connectivity index (χ1) is 17.5. The Morgan fingerprint density at radius 3 is 2.50 bits per heavy atom. The van der Waals surface area contributed by atoms with Crippen LogP contribution in [0.3, 0.4) is 0 Å². The summed E-state index contributed by atoms with van der Waals surface area (Å²) in [7, 11) is 0. The largest absolute Gasteiger partial charge is 0.489 e. The van der Waals surface area contributed by atoms with Crippen LogP contribution in [0, 0.1) is 5.82 Å². The molecule has 0 amide bonds. The Bertz CT molecular complexity index is 1420. The number of hydrogen-bond donors (Lipinski definition) is 1. The lowest BCUT2D eigenvalue weighted by Gasteiger charge is -2.28. The van der Waals surface area contributed by atoms with Gasteiger partial charge in [-0.05, 0) is 48.7 Å². The topological polar surface area (TPSA) is 69.0 Å². The number of anilines is 1. The summed E-state index contributed by atoms with van der Waals surface area (Å²) in [4.78, 5) is 17.3. The fourth-order valence-corrected chi connectivity index (χ4v) is 5.02. The number of nitrogens with zero attached hydrogens (tertiary/aromatic N) is 3. The number of aromatic nitrogens is 3. The first-order valence-corrected chi connectivity index (χ1v) is 12.6. The van der Waals surface area contributed by atoms with Crippen molar-refractivity contribution in [1.29, 1.82) is 0 Å². The first kappa shape index (κ1) is 23.8. The van der Waals surface area contributed by atoms with Gasteiger partial charge in [-0.2, -0.15) is 4.98 Å². The maximum absolute atomic E-state index is 14.1. The van der Waals surface area contributed by atoms with Crippen molar-refractivity contribution in [2.75, 3.05) is 5.32 Å². The molecule has 1 aliphatic heterocycles. The molecule has 0 fully saturated rings. The lowest BCUT2D eigenvalue weighted by atomic mass is 9.93. The van der Waals surface area contributed by atoms with Crippen LogP contribution in [0.5, 0.6) is 5.75 Å². The summed E-state index contributed by atoms with van der Waals surface area (Å²) in [6, 6.07) is 23.9. The molecule has 1 aliphatic rings. The third-order valence-corrected chi connectivity index (χ3v) is 6.86. The standard InChI is InChI=1S/C28H25FN4O2S/c1-18-25(19(2)34)26(21-12-14-23(15-13-21)35-16-20-8-4-3-5-9-20)33-27(30-18)31-28(32-33)36-17-22-10-6-7-11-24(22)29/h3-15,26H,16-17H2,1-2H3,(H,30,31,32). The van der Waals surface area contributed by atoms with Crippen molar-refractivity contribution in [3.63, 3.8) is 0 Å². The first-order valence-electron chi connectivity index (χ1n) is 11.6. The third kappa shape index (κ3) is 5.04. The zero-order valence-corrected chi connectivity index (χ0v) is 20.8. The van der Waals surface area contributed by atoms with Gasteiger partial charge in [0.05, 0.1) is 0 Å². The smallest absolute Gasteiger partial charge is 0.227 e. The molecule has 182 valence electrons. The monoisotopic (exact) mass is 500 g/mol. The molecule has 2 heterocycles. The molecule has 1 atom stereocenters. The quantitative estimate of drug-likeness (QED) is 0.292. The second kappa shape index (κ2) is 10.4. The van der Waals surface area contributed by atoms with Gasteiger partial charge < -0.3 is 10.1 Å². The van der Waals surface area contributed by atoms with E-state index in [0.29, 0.717) is 34.6 Å². The highest BCUT2D eigenvalue weighted by molar-refractivity contribution is 7.98. The Kier molecular flexibility index (Phi) is 6.86. The summed E-state index contributed by atoms with van der Waals surface area (Å²) in [5.41, 5.74) is 3.93. The molecule has 0 radical (unpaired) electrons. The molecule has 0 saturated carbocycles. The van der Waals surface area contributed by atoms with Gasteiger partial charge in [0.15, 0.2) is 5.78 Å². The van der Waals surface area contributed by atoms with Crippen LogP contribution in [0.1, 0.15) is 36.6 Å². The fourth-order valence-electron chi connectivity index (χ4n) is 4.20. The van der Waals surface area contributed by atoms with Crippen LogP contribution in [0.4, 0.5) is 10.3 Å². The fraction of sp³-hybridized carbons (Fsp3) is 0.179. The zero-order valence-electron chi connectivity index (χ0n) is 19.9. The number of thioether (sulfide) groups is 1. The predicted molar refractivity (Wildman–Crippen MR) is 138 cm³/mol. The number of allylic oxidation sites excluding steroid dienone is 2. The zero-order chi connectivity index (χ0) is 25.1. The number of carbonyl (C=O) groups excluding carboxylic acids is 1. The van der Waals surface area contributed by atoms with Crippen LogP contribution in [0.15, 0.2) is 95.3 Å². The number of rotatable bonds is 8. The van der Waals surface area contributed by atoms with Gasteiger partial charge in [-0.25, -0.2) is 9.07 Å². The summed E-state index contributed by atoms with van der Waals surface area (Å²) in [6.45, 7) is 3.90. The normalized spacial score (nSPS) is 14.8. The van der Waals surface area contributed by atoms with Gasteiger partial charge in [0.25, 0.3) is 0 Å². The number of fused-ring (bicyclic) bond motifs is 1. The van der Waals surface area contributed by atoms with Gasteiger partial charge in [-0.3, -0.25) is 4.79 Å². The van der Waals surface area contributed by atoms with Gasteiger partial charge >= 0.3 is 0 Å². The predicted octanol–water partition coefficient (Wildman–Crippen LogP) is 6.17. The van der Waals surface area contributed by atoms with Crippen molar-refractivity contribution >= 4 is 23.5 Å². The minimum atomic E-state index is -0.433. The highest BCUT2D eigenvalue weighted by atomic mass is 32.2. The van der Waals surface area contributed by atoms with E-state index in [4.69, 9.17) is 4.74 Å². The highest BCUT2D eigenvalue weighted by Gasteiger charge is 2.32. The van der Waals surface area contributed by atoms with Gasteiger partial charge in [-0.15, -0.1) is 5.10 Å². The molecule has 3 aromatic carbocycles. The SMILES string of the molecule is CC(=O)C1=C(C)Nc2nc(SCc3ccccc3F)nn2C1c1ccc(OCc2ccccc2)cc1. The number of carbonyl (C=O) groups is 1. The number of ether oxygens (including phenoxy) is 1. The number of benzene rings is 3. The Labute approximate surface area is 213 Å². The third-order valence-electron chi connectivity index (χ3n) is 5.97. The van der Waals surface area contributed by atoms with E-state index in [0.717, 1.165) is 22.6 Å². The molecule has 8 heteroatoms. The highest BCUT2D eigenvalue weighted by Crippen LogP contribution is 2.37. The number of Topliss-reactive ketones (excluding diaryl/α,β-unsaturated/α-hetero) is 1.